The molecule has 0 radical (unpaired) electrons. The SMILES string of the molecule is CC(CCSC(F)(F)F)CNC1CC1. The molecule has 1 unspecified atom stereocenters. The smallest absolute Gasteiger partial charge is 0.314 e. The fourth-order valence-electron chi connectivity index (χ4n) is 1.13. The molecule has 84 valence electrons. The van der Waals surface area contributed by atoms with Gasteiger partial charge in [-0.15, -0.1) is 0 Å². The van der Waals surface area contributed by atoms with Crippen LogP contribution in [0.3, 0.4) is 0 Å². The zero-order valence-electron chi connectivity index (χ0n) is 8.23. The lowest BCUT2D eigenvalue weighted by molar-refractivity contribution is -0.0328. The molecule has 1 aliphatic rings. The van der Waals surface area contributed by atoms with Crippen molar-refractivity contribution in [3.8, 4) is 0 Å². The molecule has 0 aliphatic heterocycles. The van der Waals surface area contributed by atoms with Gasteiger partial charge in [-0.1, -0.05) is 18.7 Å². The van der Waals surface area contributed by atoms with Crippen LogP contribution in [-0.2, 0) is 0 Å². The van der Waals surface area contributed by atoms with E-state index in [1.807, 2.05) is 6.92 Å². The van der Waals surface area contributed by atoms with Crippen LogP contribution < -0.4 is 5.32 Å². The van der Waals surface area contributed by atoms with Crippen LogP contribution in [0, 0.1) is 5.92 Å². The molecule has 1 rings (SSSR count). The summed E-state index contributed by atoms with van der Waals surface area (Å²) in [7, 11) is 0. The Morgan fingerprint density at radius 1 is 1.43 bits per heavy atom. The molecule has 1 N–H and O–H groups in total. The van der Waals surface area contributed by atoms with Crippen molar-refractivity contribution in [2.45, 2.75) is 37.7 Å². The number of alkyl halides is 3. The summed E-state index contributed by atoms with van der Waals surface area (Å²) >= 11 is 0.0840. The normalized spacial score (nSPS) is 19.7. The Kier molecular flexibility index (Phi) is 4.57. The summed E-state index contributed by atoms with van der Waals surface area (Å²) < 4.78 is 35.3. The minimum absolute atomic E-state index is 0.0840. The molecule has 1 saturated carbocycles. The molecule has 0 bridgehead atoms. The van der Waals surface area contributed by atoms with Crippen molar-refractivity contribution < 1.29 is 13.2 Å². The molecule has 0 aromatic heterocycles. The van der Waals surface area contributed by atoms with Crippen molar-refractivity contribution in [3.05, 3.63) is 0 Å². The van der Waals surface area contributed by atoms with Crippen molar-refractivity contribution in [2.24, 2.45) is 5.92 Å². The monoisotopic (exact) mass is 227 g/mol. The Bertz CT molecular complexity index is 168. The van der Waals surface area contributed by atoms with Crippen molar-refractivity contribution >= 4 is 11.8 Å². The second-order valence-electron chi connectivity index (χ2n) is 3.87. The summed E-state index contributed by atoms with van der Waals surface area (Å²) in [5.74, 6) is 0.516. The van der Waals surface area contributed by atoms with E-state index in [4.69, 9.17) is 0 Å². The summed E-state index contributed by atoms with van der Waals surface area (Å²) in [6.07, 6.45) is 3.08. The van der Waals surface area contributed by atoms with Crippen LogP contribution in [0.15, 0.2) is 0 Å². The third kappa shape index (κ3) is 6.54. The molecule has 0 aromatic carbocycles. The van der Waals surface area contributed by atoms with Crippen LogP contribution in [-0.4, -0.2) is 23.8 Å². The van der Waals surface area contributed by atoms with E-state index < -0.39 is 5.51 Å². The van der Waals surface area contributed by atoms with Gasteiger partial charge in [-0.2, -0.15) is 13.2 Å². The van der Waals surface area contributed by atoms with Gasteiger partial charge in [-0.3, -0.25) is 0 Å². The van der Waals surface area contributed by atoms with Crippen molar-refractivity contribution in [3.63, 3.8) is 0 Å². The Morgan fingerprint density at radius 3 is 2.57 bits per heavy atom. The van der Waals surface area contributed by atoms with E-state index >= 15 is 0 Å². The van der Waals surface area contributed by atoms with Gasteiger partial charge in [0.05, 0.1) is 0 Å². The van der Waals surface area contributed by atoms with Crippen molar-refractivity contribution in [1.29, 1.82) is 0 Å². The molecule has 1 atom stereocenters. The topological polar surface area (TPSA) is 12.0 Å². The van der Waals surface area contributed by atoms with Gasteiger partial charge in [0, 0.05) is 11.8 Å². The highest BCUT2D eigenvalue weighted by Crippen LogP contribution is 2.31. The summed E-state index contributed by atoms with van der Waals surface area (Å²) in [4.78, 5) is 0. The van der Waals surface area contributed by atoms with E-state index in [0.29, 0.717) is 18.4 Å². The van der Waals surface area contributed by atoms with Gasteiger partial charge >= 0.3 is 5.51 Å². The second kappa shape index (κ2) is 5.26. The zero-order valence-corrected chi connectivity index (χ0v) is 9.05. The third-order valence-corrected chi connectivity index (χ3v) is 2.98. The third-order valence-electron chi connectivity index (χ3n) is 2.21. The number of halogens is 3. The summed E-state index contributed by atoms with van der Waals surface area (Å²) in [6, 6.07) is 0.646. The average molecular weight is 227 g/mol. The lowest BCUT2D eigenvalue weighted by Gasteiger charge is -2.12. The molecule has 0 aromatic rings. The predicted octanol–water partition coefficient (Wildman–Crippen LogP) is 3.02. The maximum Gasteiger partial charge on any atom is 0.441 e. The molecule has 5 heteroatoms. The van der Waals surface area contributed by atoms with E-state index in [0.717, 1.165) is 6.54 Å². The molecule has 0 saturated heterocycles. The highest BCUT2D eigenvalue weighted by molar-refractivity contribution is 8.00. The zero-order chi connectivity index (χ0) is 10.6. The molecule has 0 amide bonds. The van der Waals surface area contributed by atoms with Gasteiger partial charge in [-0.05, 0) is 31.7 Å². The van der Waals surface area contributed by atoms with E-state index in [2.05, 4.69) is 5.32 Å². The highest BCUT2D eigenvalue weighted by atomic mass is 32.2. The summed E-state index contributed by atoms with van der Waals surface area (Å²) in [6.45, 7) is 2.84. The molecule has 1 aliphatic carbocycles. The Balaban J connectivity index is 1.93. The van der Waals surface area contributed by atoms with Gasteiger partial charge in [0.2, 0.25) is 0 Å². The van der Waals surface area contributed by atoms with Crippen molar-refractivity contribution in [1.82, 2.24) is 5.32 Å². The second-order valence-corrected chi connectivity index (χ2v) is 5.03. The Labute approximate surface area is 86.8 Å². The van der Waals surface area contributed by atoms with Gasteiger partial charge < -0.3 is 5.32 Å². The van der Waals surface area contributed by atoms with Gasteiger partial charge in [0.1, 0.15) is 0 Å². The maximum atomic E-state index is 11.8. The van der Waals surface area contributed by atoms with E-state index in [1.165, 1.54) is 12.8 Å². The summed E-state index contributed by atoms with van der Waals surface area (Å²) in [5.41, 5.74) is -4.07. The summed E-state index contributed by atoms with van der Waals surface area (Å²) in [5, 5.41) is 3.31. The lowest BCUT2D eigenvalue weighted by atomic mass is 10.1. The maximum absolute atomic E-state index is 11.8. The Hall–Kier alpha value is 0.1000. The minimum Gasteiger partial charge on any atom is -0.314 e. The Morgan fingerprint density at radius 2 is 2.07 bits per heavy atom. The molecule has 1 nitrogen and oxygen atoms in total. The van der Waals surface area contributed by atoms with Crippen LogP contribution in [0.4, 0.5) is 13.2 Å². The van der Waals surface area contributed by atoms with Crippen LogP contribution in [0.2, 0.25) is 0 Å². The fourth-order valence-corrected chi connectivity index (χ4v) is 1.88. The van der Waals surface area contributed by atoms with Crippen LogP contribution in [0.25, 0.3) is 0 Å². The highest BCUT2D eigenvalue weighted by Gasteiger charge is 2.28. The predicted molar refractivity (Wildman–Crippen MR) is 53.3 cm³/mol. The van der Waals surface area contributed by atoms with Gasteiger partial charge in [-0.25, -0.2) is 0 Å². The number of hydrogen-bond donors (Lipinski definition) is 1. The minimum atomic E-state index is -4.07. The van der Waals surface area contributed by atoms with Gasteiger partial charge in [0.25, 0.3) is 0 Å². The first kappa shape index (κ1) is 12.2. The van der Waals surface area contributed by atoms with E-state index in [9.17, 15) is 13.2 Å². The molecular weight excluding hydrogens is 211 g/mol. The van der Waals surface area contributed by atoms with Gasteiger partial charge in [0.15, 0.2) is 0 Å². The average Bonchev–Trinajstić information content (AvgIpc) is 2.81. The van der Waals surface area contributed by atoms with Crippen LogP contribution in [0.1, 0.15) is 26.2 Å². The number of rotatable bonds is 6. The number of hydrogen-bond acceptors (Lipinski definition) is 2. The molecule has 0 heterocycles. The number of nitrogens with one attached hydrogen (secondary N) is 1. The standard InChI is InChI=1S/C9H16F3NS/c1-7(6-13-8-2-3-8)4-5-14-9(10,11)12/h7-8,13H,2-6H2,1H3. The van der Waals surface area contributed by atoms with E-state index in [-0.39, 0.29) is 17.5 Å². The fraction of sp³-hybridized carbons (Fsp3) is 1.00. The molecule has 14 heavy (non-hydrogen) atoms. The largest absolute Gasteiger partial charge is 0.441 e. The first-order valence-corrected chi connectivity index (χ1v) is 5.90. The molecular formula is C9H16F3NS. The first-order valence-electron chi connectivity index (χ1n) is 4.91. The quantitative estimate of drug-likeness (QED) is 0.748. The number of thioether (sulfide) groups is 1. The molecule has 1 fully saturated rings. The van der Waals surface area contributed by atoms with E-state index in [1.54, 1.807) is 0 Å². The van der Waals surface area contributed by atoms with Crippen molar-refractivity contribution in [2.75, 3.05) is 12.3 Å². The van der Waals surface area contributed by atoms with Crippen LogP contribution >= 0.6 is 11.8 Å². The first-order chi connectivity index (χ1) is 6.47. The molecule has 0 spiro atoms. The van der Waals surface area contributed by atoms with Crippen LogP contribution in [0.5, 0.6) is 0 Å². The lowest BCUT2D eigenvalue weighted by Crippen LogP contribution is -2.23.